The normalized spacial score (nSPS) is 20.9. The largest absolute Gasteiger partial charge is 0.587 e. The molecule has 0 spiro atoms. The molecule has 0 bridgehead atoms. The Hall–Kier alpha value is -4.91. The van der Waals surface area contributed by atoms with Crippen molar-refractivity contribution in [1.29, 1.82) is 0 Å². The van der Waals surface area contributed by atoms with E-state index in [4.69, 9.17) is 54.9 Å². The topological polar surface area (TPSA) is 172 Å². The van der Waals surface area contributed by atoms with Crippen molar-refractivity contribution in [2.24, 2.45) is 0 Å². The fourth-order valence-electron chi connectivity index (χ4n) is 5.08. The van der Waals surface area contributed by atoms with Gasteiger partial charge in [-0.3, -0.25) is 13.6 Å². The molecule has 15 nitrogen and oxygen atoms in total. The fourth-order valence-corrected chi connectivity index (χ4v) is 8.80. The van der Waals surface area contributed by atoms with Gasteiger partial charge in [-0.2, -0.15) is 0 Å². The molecule has 0 aliphatic carbocycles. The molecule has 5 aromatic carbocycles. The highest BCUT2D eigenvalue weighted by molar-refractivity contribution is 7.50. The molecular weight excluding hydrogens is 825 g/mol. The molecule has 3 aliphatic rings. The molecule has 0 amide bonds. The van der Waals surface area contributed by atoms with Gasteiger partial charge in [-0.15, -0.1) is 0 Å². The molecule has 18 heteroatoms. The highest BCUT2D eigenvalue weighted by atomic mass is 31.2. The third kappa shape index (κ3) is 13.0. The molecule has 6 atom stereocenters. The van der Waals surface area contributed by atoms with E-state index in [1.165, 1.54) is 6.07 Å². The summed E-state index contributed by atoms with van der Waals surface area (Å²) in [6, 6.07) is 36.6. The van der Waals surface area contributed by atoms with E-state index in [0.29, 0.717) is 36.7 Å². The summed E-state index contributed by atoms with van der Waals surface area (Å²) >= 11 is 0. The van der Waals surface area contributed by atoms with Gasteiger partial charge >= 0.3 is 23.5 Å². The van der Waals surface area contributed by atoms with Gasteiger partial charge in [-0.05, 0) is 71.8 Å². The van der Waals surface area contributed by atoms with Gasteiger partial charge in [-0.1, -0.05) is 78.9 Å². The highest BCUT2D eigenvalue weighted by Crippen LogP contribution is 2.54. The first-order valence-electron chi connectivity index (χ1n) is 18.5. The van der Waals surface area contributed by atoms with Gasteiger partial charge in [0.1, 0.15) is 52.8 Å². The average molecular weight is 865 g/mol. The average Bonchev–Trinajstić information content (AvgIpc) is 4.08. The summed E-state index contributed by atoms with van der Waals surface area (Å²) in [5, 5.41) is 0. The Balaban J connectivity index is 1.05. The first kappa shape index (κ1) is 40.9. The Morgan fingerprint density at radius 3 is 1.05 bits per heavy atom. The molecule has 3 saturated heterocycles. The number of hydrogen-bond acceptors (Lipinski definition) is 15. The van der Waals surface area contributed by atoms with Crippen molar-refractivity contribution in [2.45, 2.75) is 18.3 Å². The van der Waals surface area contributed by atoms with Gasteiger partial charge in [-0.25, -0.2) is 13.7 Å². The number of epoxide rings is 3. The minimum atomic E-state index is -4.34. The number of phosphoric ester groups is 3. The van der Waals surface area contributed by atoms with Crippen LogP contribution in [0.4, 0.5) is 0 Å². The first-order chi connectivity index (χ1) is 28.7. The van der Waals surface area contributed by atoms with Crippen molar-refractivity contribution in [3.63, 3.8) is 0 Å². The maximum absolute atomic E-state index is 14.2. The van der Waals surface area contributed by atoms with Crippen LogP contribution in [0, 0.1) is 0 Å². The van der Waals surface area contributed by atoms with Gasteiger partial charge < -0.3 is 41.4 Å². The van der Waals surface area contributed by atoms with Crippen LogP contribution in [0.3, 0.4) is 0 Å². The van der Waals surface area contributed by atoms with E-state index in [-0.39, 0.29) is 66.9 Å². The van der Waals surface area contributed by atoms with Crippen LogP contribution in [0.25, 0.3) is 12.2 Å². The maximum atomic E-state index is 14.2. The van der Waals surface area contributed by atoms with E-state index in [0.717, 1.165) is 0 Å². The van der Waals surface area contributed by atoms with Crippen LogP contribution >= 0.6 is 23.5 Å². The number of phosphoric acid groups is 3. The van der Waals surface area contributed by atoms with Crippen molar-refractivity contribution >= 4 is 35.6 Å². The molecule has 6 unspecified atom stereocenters. The second-order valence-corrected chi connectivity index (χ2v) is 17.8. The first-order valence-corrected chi connectivity index (χ1v) is 22.9. The van der Waals surface area contributed by atoms with Crippen molar-refractivity contribution < 1.29 is 68.6 Å². The molecule has 0 N–H and O–H groups in total. The summed E-state index contributed by atoms with van der Waals surface area (Å²) in [5.41, 5.74) is 1.16. The Kier molecular flexibility index (Phi) is 12.9. The lowest BCUT2D eigenvalue weighted by atomic mass is 10.1. The van der Waals surface area contributed by atoms with Crippen LogP contribution in [0.2, 0.25) is 0 Å². The Bertz CT molecular complexity index is 2220. The number of benzene rings is 5. The molecule has 3 heterocycles. The minimum absolute atomic E-state index is 0.00979. The van der Waals surface area contributed by atoms with Crippen LogP contribution in [-0.4, -0.2) is 58.0 Å². The summed E-state index contributed by atoms with van der Waals surface area (Å²) in [5.74, 6) is 1.03. The van der Waals surface area contributed by atoms with Gasteiger partial charge in [0.25, 0.3) is 0 Å². The van der Waals surface area contributed by atoms with Crippen LogP contribution < -0.4 is 27.1 Å². The van der Waals surface area contributed by atoms with E-state index in [1.54, 1.807) is 140 Å². The second kappa shape index (κ2) is 18.6. The molecule has 8 rings (SSSR count). The monoisotopic (exact) mass is 864 g/mol. The van der Waals surface area contributed by atoms with E-state index in [9.17, 15) is 13.7 Å². The zero-order chi connectivity index (χ0) is 40.5. The lowest BCUT2D eigenvalue weighted by Crippen LogP contribution is -2.10. The standard InChI is InChI=1S/C41H39O15P3/c42-57(48-28-39-25-45-39,51-33-10-4-1-5-11-33)54-36-20-18-31(19-21-36)16-17-32-22-37(55-58(43,49-29-40-26-46-40)52-34-12-6-2-7-13-34)24-38(23-32)56-59(44,50-30-41-27-47-41)53-35-14-8-3-9-15-35/h1-24,39-41H,25-30H2/b17-16+. The van der Waals surface area contributed by atoms with Crippen molar-refractivity contribution in [3.05, 3.63) is 145 Å². The molecule has 308 valence electrons. The molecule has 0 saturated carbocycles. The van der Waals surface area contributed by atoms with E-state index in [2.05, 4.69) is 0 Å². The number of ether oxygens (including phenoxy) is 3. The smallest absolute Gasteiger partial charge is 0.395 e. The van der Waals surface area contributed by atoms with Crippen molar-refractivity contribution in [3.8, 4) is 34.5 Å². The third-order valence-corrected chi connectivity index (χ3v) is 12.2. The van der Waals surface area contributed by atoms with Crippen LogP contribution in [0.5, 0.6) is 34.5 Å². The SMILES string of the molecule is O=P(OCC1CO1)(Oc1ccccc1)Oc1ccc(/C=C/c2cc(OP(=O)(OCC3CO3)Oc3ccccc3)cc(OP(=O)(OCC3CO3)Oc3ccccc3)c2)cc1. The number of para-hydroxylation sites is 3. The molecule has 3 aliphatic heterocycles. The molecule has 5 aromatic rings. The third-order valence-electron chi connectivity index (χ3n) is 8.25. The molecule has 0 radical (unpaired) electrons. The Morgan fingerprint density at radius 2 is 0.712 bits per heavy atom. The van der Waals surface area contributed by atoms with Gasteiger partial charge in [0, 0.05) is 6.07 Å². The Morgan fingerprint density at radius 1 is 0.407 bits per heavy atom. The number of hydrogen-bond donors (Lipinski definition) is 0. The quantitative estimate of drug-likeness (QED) is 0.0345. The summed E-state index contributed by atoms with van der Waals surface area (Å²) in [7, 11) is -12.8. The van der Waals surface area contributed by atoms with E-state index in [1.807, 2.05) is 0 Å². The van der Waals surface area contributed by atoms with Gasteiger partial charge in [0.2, 0.25) is 0 Å². The summed E-state index contributed by atoms with van der Waals surface area (Å²) in [4.78, 5) is 0. The summed E-state index contributed by atoms with van der Waals surface area (Å²) < 4.78 is 110. The summed E-state index contributed by atoms with van der Waals surface area (Å²) in [6.45, 7) is 1.36. The highest BCUT2D eigenvalue weighted by Gasteiger charge is 2.38. The van der Waals surface area contributed by atoms with Crippen LogP contribution in [0.1, 0.15) is 11.1 Å². The van der Waals surface area contributed by atoms with Crippen LogP contribution in [0.15, 0.2) is 133 Å². The van der Waals surface area contributed by atoms with Crippen LogP contribution in [-0.2, 0) is 41.5 Å². The molecule has 3 fully saturated rings. The zero-order valence-corrected chi connectivity index (χ0v) is 34.0. The second-order valence-electron chi connectivity index (χ2n) is 13.2. The zero-order valence-electron chi connectivity index (χ0n) is 31.3. The van der Waals surface area contributed by atoms with E-state index >= 15 is 0 Å². The molecule has 0 aromatic heterocycles. The predicted molar refractivity (Wildman–Crippen MR) is 215 cm³/mol. The van der Waals surface area contributed by atoms with Crippen molar-refractivity contribution in [1.82, 2.24) is 0 Å². The Labute approximate surface area is 340 Å². The maximum Gasteiger partial charge on any atom is 0.587 e. The number of rotatable bonds is 23. The fraction of sp³-hybridized carbons (Fsp3) is 0.220. The lowest BCUT2D eigenvalue weighted by Gasteiger charge is -2.21. The van der Waals surface area contributed by atoms with Gasteiger partial charge in [0.05, 0.1) is 39.6 Å². The predicted octanol–water partition coefficient (Wildman–Crippen LogP) is 9.80. The van der Waals surface area contributed by atoms with Crippen molar-refractivity contribution in [2.75, 3.05) is 39.6 Å². The summed E-state index contributed by atoms with van der Waals surface area (Å²) in [6.07, 6.45) is 2.79. The minimum Gasteiger partial charge on any atom is -0.395 e. The van der Waals surface area contributed by atoms with E-state index < -0.39 is 23.5 Å². The lowest BCUT2D eigenvalue weighted by molar-refractivity contribution is 0.188. The molecule has 59 heavy (non-hydrogen) atoms. The molecular formula is C41H39O15P3. The van der Waals surface area contributed by atoms with Gasteiger partial charge in [0.15, 0.2) is 0 Å².